The minimum absolute atomic E-state index is 0.872. The van der Waals surface area contributed by atoms with E-state index in [1.54, 1.807) is 0 Å². The van der Waals surface area contributed by atoms with Gasteiger partial charge in [-0.25, -0.2) is 0 Å². The van der Waals surface area contributed by atoms with E-state index < -0.39 is 0 Å². The average Bonchev–Trinajstić information content (AvgIpc) is 4.11. The predicted octanol–water partition coefficient (Wildman–Crippen LogP) is 16.3. The minimum Gasteiger partial charge on any atom is -0.456 e. The normalized spacial score (nSPS) is 12.4. The zero-order valence-electron chi connectivity index (χ0n) is 34.9. The SMILES string of the molecule is c1ccc2c(c1)Oc1ccc(-c3ccc(-n4c5ccccc5c5cc(-c6ccc7c(c6)c6ccccc6n7-c6ccc7oc8ccccc8c7c6)ccc54)cc3)c3c4ccccc4n-2c13. The van der Waals surface area contributed by atoms with E-state index in [-0.39, 0.29) is 0 Å². The van der Waals surface area contributed by atoms with Crippen molar-refractivity contribution >= 4 is 87.4 Å². The number of nitrogens with zero attached hydrogens (tertiary/aromatic N) is 3. The van der Waals surface area contributed by atoms with Crippen molar-refractivity contribution in [1.82, 2.24) is 13.7 Å². The van der Waals surface area contributed by atoms with E-state index in [0.29, 0.717) is 0 Å². The molecule has 14 aromatic rings. The molecule has 5 nitrogen and oxygen atoms in total. The summed E-state index contributed by atoms with van der Waals surface area (Å²) in [4.78, 5) is 0. The summed E-state index contributed by atoms with van der Waals surface area (Å²) in [6.45, 7) is 0. The number of furan rings is 1. The first-order valence-electron chi connectivity index (χ1n) is 22.2. The second kappa shape index (κ2) is 12.9. The summed E-state index contributed by atoms with van der Waals surface area (Å²) in [5, 5.41) is 9.59. The van der Waals surface area contributed by atoms with E-state index in [4.69, 9.17) is 9.15 Å². The Morgan fingerprint density at radius 1 is 0.308 bits per heavy atom. The lowest BCUT2D eigenvalue weighted by Crippen LogP contribution is -2.03. The minimum atomic E-state index is 0.872. The van der Waals surface area contributed by atoms with Crippen molar-refractivity contribution in [2.45, 2.75) is 0 Å². The Morgan fingerprint density at radius 3 is 1.57 bits per heavy atom. The van der Waals surface area contributed by atoms with Crippen LogP contribution in [-0.4, -0.2) is 13.7 Å². The molecule has 0 fully saturated rings. The molecule has 4 aromatic heterocycles. The van der Waals surface area contributed by atoms with Crippen molar-refractivity contribution in [3.63, 3.8) is 0 Å². The van der Waals surface area contributed by atoms with Crippen molar-refractivity contribution in [1.29, 1.82) is 0 Å². The molecule has 0 unspecified atom stereocenters. The standard InChI is InChI=1S/C60H35N3O2/c1-5-15-49-42(11-1)46-33-37(38-24-30-53-47(34-38)43-12-2-6-16-50(43)62(53)40-27-31-56-48(35-40)44-13-4-9-19-55(44)64-56)23-29-52(46)61(49)39-25-21-36(22-26-39)41-28-32-58-60-59(41)45-14-3-7-17-51(45)63(60)54-18-8-10-20-57(54)65-58/h1-35H. The fourth-order valence-electron chi connectivity index (χ4n) is 11.0. The second-order valence-corrected chi connectivity index (χ2v) is 17.3. The predicted molar refractivity (Wildman–Crippen MR) is 268 cm³/mol. The first-order valence-corrected chi connectivity index (χ1v) is 22.2. The zero-order chi connectivity index (χ0) is 42.3. The van der Waals surface area contributed by atoms with Gasteiger partial charge < -0.3 is 22.9 Å². The molecule has 0 radical (unpaired) electrons. The number of rotatable bonds is 4. The molecule has 65 heavy (non-hydrogen) atoms. The van der Waals surface area contributed by atoms with E-state index in [9.17, 15) is 0 Å². The number of hydrogen-bond acceptors (Lipinski definition) is 2. The van der Waals surface area contributed by atoms with Crippen molar-refractivity contribution in [3.05, 3.63) is 212 Å². The molecule has 5 heterocycles. The molecule has 0 aliphatic carbocycles. The van der Waals surface area contributed by atoms with Crippen molar-refractivity contribution in [3.8, 4) is 50.8 Å². The lowest BCUT2D eigenvalue weighted by molar-refractivity contribution is 0.476. The third-order valence-corrected chi connectivity index (χ3v) is 13.8. The number of aromatic nitrogens is 3. The van der Waals surface area contributed by atoms with Crippen LogP contribution in [0.25, 0.3) is 127 Å². The van der Waals surface area contributed by atoms with Gasteiger partial charge in [0.2, 0.25) is 0 Å². The average molecular weight is 830 g/mol. The fraction of sp³-hybridized carbons (Fsp3) is 0. The van der Waals surface area contributed by atoms with Gasteiger partial charge >= 0.3 is 0 Å². The maximum Gasteiger partial charge on any atom is 0.152 e. The molecular weight excluding hydrogens is 795 g/mol. The molecule has 1 aliphatic rings. The maximum absolute atomic E-state index is 6.50. The summed E-state index contributed by atoms with van der Waals surface area (Å²) in [6.07, 6.45) is 0. The monoisotopic (exact) mass is 829 g/mol. The first-order chi connectivity index (χ1) is 32.2. The van der Waals surface area contributed by atoms with Gasteiger partial charge in [0, 0.05) is 54.5 Å². The molecule has 0 bridgehead atoms. The Labute approximate surface area is 371 Å². The second-order valence-electron chi connectivity index (χ2n) is 17.3. The van der Waals surface area contributed by atoms with Gasteiger partial charge in [0.15, 0.2) is 11.5 Å². The Balaban J connectivity index is 0.844. The maximum atomic E-state index is 6.50. The summed E-state index contributed by atoms with van der Waals surface area (Å²) in [7, 11) is 0. The molecule has 0 saturated heterocycles. The third kappa shape index (κ3) is 4.81. The van der Waals surface area contributed by atoms with Crippen LogP contribution in [0.4, 0.5) is 0 Å². The Hall–Kier alpha value is -8.80. The van der Waals surface area contributed by atoms with Gasteiger partial charge in [-0.1, -0.05) is 109 Å². The number of ether oxygens (including phenoxy) is 1. The van der Waals surface area contributed by atoms with Crippen LogP contribution in [0.1, 0.15) is 0 Å². The molecule has 1 aliphatic heterocycles. The molecule has 302 valence electrons. The highest BCUT2D eigenvalue weighted by molar-refractivity contribution is 6.18. The van der Waals surface area contributed by atoms with Crippen molar-refractivity contribution in [2.24, 2.45) is 0 Å². The molecule has 0 amide bonds. The van der Waals surface area contributed by atoms with E-state index in [2.05, 4.69) is 202 Å². The largest absolute Gasteiger partial charge is 0.456 e. The van der Waals surface area contributed by atoms with Crippen LogP contribution in [-0.2, 0) is 0 Å². The van der Waals surface area contributed by atoms with Crippen LogP contribution in [0.5, 0.6) is 11.5 Å². The van der Waals surface area contributed by atoms with Gasteiger partial charge in [-0.3, -0.25) is 0 Å². The van der Waals surface area contributed by atoms with E-state index in [0.717, 1.165) is 61.6 Å². The summed E-state index contributed by atoms with van der Waals surface area (Å²) in [5.41, 5.74) is 16.8. The molecule has 0 N–H and O–H groups in total. The Kier molecular flexibility index (Phi) is 6.89. The first kappa shape index (κ1) is 34.7. The lowest BCUT2D eigenvalue weighted by atomic mass is 9.98. The Bertz CT molecular complexity index is 4330. The van der Waals surface area contributed by atoms with Crippen LogP contribution < -0.4 is 4.74 Å². The van der Waals surface area contributed by atoms with Crippen LogP contribution in [0, 0.1) is 0 Å². The lowest BCUT2D eigenvalue weighted by Gasteiger charge is -2.21. The quantitative estimate of drug-likeness (QED) is 0.177. The van der Waals surface area contributed by atoms with E-state index >= 15 is 0 Å². The number of fused-ring (bicyclic) bond motifs is 14. The number of hydrogen-bond donors (Lipinski definition) is 0. The summed E-state index contributed by atoms with van der Waals surface area (Å²) in [6, 6.07) is 76.6. The molecule has 10 aromatic carbocycles. The highest BCUT2D eigenvalue weighted by atomic mass is 16.5. The van der Waals surface area contributed by atoms with E-state index in [1.165, 1.54) is 76.6 Å². The molecule has 5 heteroatoms. The van der Waals surface area contributed by atoms with Gasteiger partial charge in [-0.05, 0) is 125 Å². The summed E-state index contributed by atoms with van der Waals surface area (Å²) >= 11 is 0. The zero-order valence-corrected chi connectivity index (χ0v) is 34.9. The fourth-order valence-corrected chi connectivity index (χ4v) is 11.0. The Morgan fingerprint density at radius 2 is 0.846 bits per heavy atom. The molecule has 0 saturated carbocycles. The van der Waals surface area contributed by atoms with Gasteiger partial charge in [0.25, 0.3) is 0 Å². The van der Waals surface area contributed by atoms with Crippen molar-refractivity contribution < 1.29 is 9.15 Å². The highest BCUT2D eigenvalue weighted by Gasteiger charge is 2.26. The van der Waals surface area contributed by atoms with Crippen LogP contribution >= 0.6 is 0 Å². The van der Waals surface area contributed by atoms with Gasteiger partial charge in [-0.15, -0.1) is 0 Å². The van der Waals surface area contributed by atoms with Gasteiger partial charge in [0.1, 0.15) is 11.2 Å². The van der Waals surface area contributed by atoms with Crippen LogP contribution in [0.2, 0.25) is 0 Å². The molecule has 0 atom stereocenters. The molecule has 15 rings (SSSR count). The van der Waals surface area contributed by atoms with E-state index in [1.807, 2.05) is 24.3 Å². The number of para-hydroxylation sites is 6. The molecular formula is C60H35N3O2. The number of benzene rings is 10. The summed E-state index contributed by atoms with van der Waals surface area (Å²) < 4.78 is 19.9. The molecule has 0 spiro atoms. The van der Waals surface area contributed by atoms with Gasteiger partial charge in [-0.2, -0.15) is 0 Å². The van der Waals surface area contributed by atoms with Crippen LogP contribution in [0.3, 0.4) is 0 Å². The topological polar surface area (TPSA) is 37.2 Å². The van der Waals surface area contributed by atoms with Crippen molar-refractivity contribution in [2.75, 3.05) is 0 Å². The van der Waals surface area contributed by atoms with Crippen LogP contribution in [0.15, 0.2) is 217 Å². The highest BCUT2D eigenvalue weighted by Crippen LogP contribution is 2.49. The smallest absolute Gasteiger partial charge is 0.152 e. The van der Waals surface area contributed by atoms with Gasteiger partial charge in [0.05, 0.1) is 38.8 Å². The summed E-state index contributed by atoms with van der Waals surface area (Å²) in [5.74, 6) is 1.75. The third-order valence-electron chi connectivity index (χ3n) is 13.8.